The molecule has 1 aliphatic heterocycles. The Balaban J connectivity index is 2.05. The molecule has 180 valence electrons. The molecule has 3 rings (SSSR count). The summed E-state index contributed by atoms with van der Waals surface area (Å²) < 4.78 is 3.83. The lowest BCUT2D eigenvalue weighted by Gasteiger charge is -2.37. The van der Waals surface area contributed by atoms with Crippen molar-refractivity contribution < 1.29 is 15.0 Å². The quantitative estimate of drug-likeness (QED) is 0.233. The van der Waals surface area contributed by atoms with Crippen LogP contribution in [0.5, 0.6) is 0 Å². The third-order valence-electron chi connectivity index (χ3n) is 5.86. The highest BCUT2D eigenvalue weighted by atomic mass is 32.2. The molecule has 0 aromatic heterocycles. The molecular formula is C25H34N2O3S3. The van der Waals surface area contributed by atoms with Gasteiger partial charge in [0.1, 0.15) is 0 Å². The van der Waals surface area contributed by atoms with Gasteiger partial charge in [0, 0.05) is 39.1 Å². The van der Waals surface area contributed by atoms with E-state index < -0.39 is 5.97 Å². The molecule has 0 fully saturated rings. The van der Waals surface area contributed by atoms with E-state index in [-0.39, 0.29) is 17.9 Å². The van der Waals surface area contributed by atoms with Crippen LogP contribution in [0.25, 0.3) is 0 Å². The second-order valence-corrected chi connectivity index (χ2v) is 11.2. The van der Waals surface area contributed by atoms with Crippen molar-refractivity contribution in [1.29, 1.82) is 0 Å². The number of carboxylic acids is 1. The average Bonchev–Trinajstić information content (AvgIpc) is 2.99. The number of rotatable bonds is 12. The molecule has 33 heavy (non-hydrogen) atoms. The van der Waals surface area contributed by atoms with Crippen LogP contribution in [0.1, 0.15) is 45.1 Å². The van der Waals surface area contributed by atoms with Gasteiger partial charge in [-0.15, -0.1) is 23.5 Å². The Kier molecular flexibility index (Phi) is 10.3. The number of para-hydroxylation sites is 1. The van der Waals surface area contributed by atoms with E-state index in [0.717, 1.165) is 40.4 Å². The molecule has 1 heterocycles. The summed E-state index contributed by atoms with van der Waals surface area (Å²) in [5, 5.41) is 18.5. The Morgan fingerprint density at radius 1 is 1.24 bits per heavy atom. The summed E-state index contributed by atoms with van der Waals surface area (Å²) in [6.45, 7) is 5.49. The van der Waals surface area contributed by atoms with Crippen LogP contribution in [0.3, 0.4) is 0 Å². The number of anilines is 2. The number of carbonyl (C=O) groups is 1. The molecule has 0 spiro atoms. The topological polar surface area (TPSA) is 72.8 Å². The smallest absolute Gasteiger partial charge is 0.313 e. The van der Waals surface area contributed by atoms with Crippen molar-refractivity contribution in [2.24, 2.45) is 0 Å². The Hall–Kier alpha value is -1.32. The first kappa shape index (κ1) is 26.3. The van der Waals surface area contributed by atoms with E-state index in [1.54, 1.807) is 23.7 Å². The normalized spacial score (nSPS) is 18.1. The maximum atomic E-state index is 11.0. The maximum absolute atomic E-state index is 11.0. The number of aliphatic carboxylic acids is 1. The van der Waals surface area contributed by atoms with Crippen LogP contribution in [-0.2, 0) is 10.5 Å². The summed E-state index contributed by atoms with van der Waals surface area (Å²) in [5.74, 6) is 0.531. The predicted molar refractivity (Wildman–Crippen MR) is 143 cm³/mol. The zero-order valence-corrected chi connectivity index (χ0v) is 21.8. The molecule has 3 N–H and O–H groups in total. The molecular weight excluding hydrogens is 472 g/mol. The van der Waals surface area contributed by atoms with E-state index in [2.05, 4.69) is 59.9 Å². The van der Waals surface area contributed by atoms with E-state index in [0.29, 0.717) is 11.5 Å². The number of benzene rings is 2. The van der Waals surface area contributed by atoms with Gasteiger partial charge in [-0.2, -0.15) is 0 Å². The Morgan fingerprint density at radius 2 is 2.03 bits per heavy atom. The number of carboxylic acid groups (broad SMARTS) is 1. The molecule has 1 aliphatic rings. The summed E-state index contributed by atoms with van der Waals surface area (Å²) in [7, 11) is 0. The van der Waals surface area contributed by atoms with Gasteiger partial charge >= 0.3 is 5.97 Å². The van der Waals surface area contributed by atoms with Gasteiger partial charge in [-0.25, -0.2) is 0 Å². The fourth-order valence-corrected chi connectivity index (χ4v) is 6.72. The van der Waals surface area contributed by atoms with E-state index in [1.807, 2.05) is 6.07 Å². The van der Waals surface area contributed by atoms with Crippen molar-refractivity contribution in [1.82, 2.24) is 4.72 Å². The third-order valence-corrected chi connectivity index (χ3v) is 8.98. The molecule has 0 saturated heterocycles. The van der Waals surface area contributed by atoms with Crippen LogP contribution in [0.2, 0.25) is 0 Å². The standard InChI is InChI=1S/C25H34N2O3S3/c1-3-5-11-25(4-2)18-27(20-9-7-6-8-10-20)21-15-22(32-13-12-28)19(14-23(21)33-26-25)16-31-17-24(29)30/h6-10,14-15,26,28H,3-5,11-13,16-18H2,1-2H3,(H,29,30)/t25-/m0/s1. The first-order valence-electron chi connectivity index (χ1n) is 11.5. The number of thioether (sulfide) groups is 2. The van der Waals surface area contributed by atoms with Crippen molar-refractivity contribution >= 4 is 52.8 Å². The molecule has 0 aliphatic carbocycles. The molecule has 8 heteroatoms. The minimum Gasteiger partial charge on any atom is -0.481 e. The Bertz CT molecular complexity index is 913. The second-order valence-electron chi connectivity index (χ2n) is 8.25. The number of fused-ring (bicyclic) bond motifs is 1. The van der Waals surface area contributed by atoms with E-state index >= 15 is 0 Å². The summed E-state index contributed by atoms with van der Waals surface area (Å²) in [5.41, 5.74) is 3.45. The number of nitrogens with zero attached hydrogens (tertiary/aromatic N) is 1. The molecule has 0 bridgehead atoms. The van der Waals surface area contributed by atoms with Crippen molar-refractivity contribution in [2.45, 2.75) is 60.6 Å². The van der Waals surface area contributed by atoms with Gasteiger partial charge in [-0.05, 0) is 54.6 Å². The van der Waals surface area contributed by atoms with Gasteiger partial charge in [-0.3, -0.25) is 9.52 Å². The van der Waals surface area contributed by atoms with Crippen LogP contribution in [0.15, 0.2) is 52.3 Å². The first-order valence-corrected chi connectivity index (χ1v) is 14.4. The summed E-state index contributed by atoms with van der Waals surface area (Å²) >= 11 is 4.75. The van der Waals surface area contributed by atoms with Crippen LogP contribution in [-0.4, -0.2) is 46.4 Å². The van der Waals surface area contributed by atoms with Gasteiger partial charge < -0.3 is 15.1 Å². The number of unbranched alkanes of at least 4 members (excludes halogenated alkanes) is 1. The van der Waals surface area contributed by atoms with Gasteiger partial charge in [0.05, 0.1) is 18.0 Å². The molecule has 1 atom stereocenters. The summed E-state index contributed by atoms with van der Waals surface area (Å²) in [6.07, 6.45) is 4.48. The number of hydrogen-bond donors (Lipinski definition) is 3. The zero-order chi connectivity index (χ0) is 23.7. The minimum atomic E-state index is -0.797. The fourth-order valence-electron chi connectivity index (χ4n) is 3.96. The van der Waals surface area contributed by atoms with Crippen molar-refractivity contribution in [2.75, 3.05) is 29.6 Å². The first-order chi connectivity index (χ1) is 16.0. The molecule has 2 aromatic rings. The minimum absolute atomic E-state index is 0.00777. The Labute approximate surface area is 210 Å². The summed E-state index contributed by atoms with van der Waals surface area (Å²) in [4.78, 5) is 15.7. The van der Waals surface area contributed by atoms with Gasteiger partial charge in [0.25, 0.3) is 0 Å². The monoisotopic (exact) mass is 506 g/mol. The SMILES string of the molecule is CCCC[C@@]1(CC)CN(c2ccccc2)c2cc(SCCO)c(CSCC(=O)O)cc2SN1. The number of aliphatic hydroxyl groups is 1. The second kappa shape index (κ2) is 13.0. The van der Waals surface area contributed by atoms with Crippen LogP contribution < -0.4 is 9.62 Å². The number of hydrogen-bond acceptors (Lipinski definition) is 7. The van der Waals surface area contributed by atoms with Gasteiger partial charge in [-0.1, -0.05) is 44.9 Å². The van der Waals surface area contributed by atoms with E-state index in [4.69, 9.17) is 5.11 Å². The van der Waals surface area contributed by atoms with Gasteiger partial charge in [0.15, 0.2) is 0 Å². The highest BCUT2D eigenvalue weighted by Gasteiger charge is 2.35. The predicted octanol–water partition coefficient (Wildman–Crippen LogP) is 6.18. The number of aliphatic hydroxyl groups excluding tert-OH is 1. The molecule has 0 unspecified atom stereocenters. The lowest BCUT2D eigenvalue weighted by Crippen LogP contribution is -2.48. The molecule has 0 radical (unpaired) electrons. The molecule has 2 aromatic carbocycles. The largest absolute Gasteiger partial charge is 0.481 e. The Morgan fingerprint density at radius 3 is 2.70 bits per heavy atom. The third kappa shape index (κ3) is 7.09. The molecule has 0 amide bonds. The van der Waals surface area contributed by atoms with E-state index in [9.17, 15) is 9.90 Å². The zero-order valence-electron chi connectivity index (χ0n) is 19.4. The maximum Gasteiger partial charge on any atom is 0.313 e. The van der Waals surface area contributed by atoms with Crippen LogP contribution in [0.4, 0.5) is 11.4 Å². The van der Waals surface area contributed by atoms with E-state index in [1.165, 1.54) is 30.3 Å². The number of nitrogens with one attached hydrogen (secondary N) is 1. The fraction of sp³-hybridized carbons (Fsp3) is 0.480. The van der Waals surface area contributed by atoms with Crippen molar-refractivity contribution in [3.05, 3.63) is 48.0 Å². The van der Waals surface area contributed by atoms with Crippen molar-refractivity contribution in [3.63, 3.8) is 0 Å². The van der Waals surface area contributed by atoms with Gasteiger partial charge in [0.2, 0.25) is 0 Å². The lowest BCUT2D eigenvalue weighted by molar-refractivity contribution is -0.133. The average molecular weight is 507 g/mol. The van der Waals surface area contributed by atoms with Crippen LogP contribution in [0, 0.1) is 0 Å². The highest BCUT2D eigenvalue weighted by molar-refractivity contribution is 8.00. The summed E-state index contributed by atoms with van der Waals surface area (Å²) in [6, 6.07) is 15.0. The molecule has 5 nitrogen and oxygen atoms in total. The van der Waals surface area contributed by atoms with Crippen LogP contribution >= 0.6 is 35.5 Å². The lowest BCUT2D eigenvalue weighted by atomic mass is 9.89. The van der Waals surface area contributed by atoms with Crippen molar-refractivity contribution in [3.8, 4) is 0 Å². The molecule has 0 saturated carbocycles. The highest BCUT2D eigenvalue weighted by Crippen LogP contribution is 2.44.